The van der Waals surface area contributed by atoms with Crippen LogP contribution in [0, 0.1) is 6.92 Å². The third-order valence-electron chi connectivity index (χ3n) is 6.49. The number of aromatic nitrogens is 2. The topological polar surface area (TPSA) is 44.3 Å². The molecular formula is C27H28ClN5. The number of halogens is 1. The van der Waals surface area contributed by atoms with E-state index in [2.05, 4.69) is 87.7 Å². The van der Waals surface area contributed by atoms with Gasteiger partial charge >= 0.3 is 0 Å². The second kappa shape index (κ2) is 9.00. The van der Waals surface area contributed by atoms with Crippen LogP contribution >= 0.6 is 11.6 Å². The molecule has 1 saturated heterocycles. The quantitative estimate of drug-likeness (QED) is 0.364. The fourth-order valence-electron chi connectivity index (χ4n) is 4.46. The lowest BCUT2D eigenvalue weighted by Gasteiger charge is -2.22. The number of benzene rings is 2. The van der Waals surface area contributed by atoms with E-state index in [9.17, 15) is 0 Å². The van der Waals surface area contributed by atoms with Crippen molar-refractivity contribution in [3.63, 3.8) is 0 Å². The van der Waals surface area contributed by atoms with Crippen molar-refractivity contribution in [3.8, 4) is 11.1 Å². The van der Waals surface area contributed by atoms with Gasteiger partial charge in [-0.05, 0) is 87.1 Å². The van der Waals surface area contributed by atoms with Crippen LogP contribution in [0.2, 0.25) is 5.15 Å². The van der Waals surface area contributed by atoms with Crippen LogP contribution in [-0.4, -0.2) is 48.1 Å². The van der Waals surface area contributed by atoms with E-state index in [4.69, 9.17) is 11.6 Å². The van der Waals surface area contributed by atoms with Crippen molar-refractivity contribution >= 4 is 39.6 Å². The van der Waals surface area contributed by atoms with Crippen molar-refractivity contribution in [1.82, 2.24) is 14.9 Å². The maximum Gasteiger partial charge on any atom is 0.131 e. The molecule has 0 bridgehead atoms. The molecule has 0 saturated carbocycles. The summed E-state index contributed by atoms with van der Waals surface area (Å²) in [6, 6.07) is 19.7. The third-order valence-corrected chi connectivity index (χ3v) is 6.89. The first-order chi connectivity index (χ1) is 16.0. The Bertz CT molecular complexity index is 1290. The highest BCUT2D eigenvalue weighted by atomic mass is 35.5. The molecule has 0 amide bonds. The Morgan fingerprint density at radius 2 is 1.82 bits per heavy atom. The zero-order valence-electron chi connectivity index (χ0n) is 19.2. The maximum absolute atomic E-state index is 6.12. The summed E-state index contributed by atoms with van der Waals surface area (Å²) >= 11 is 6.12. The van der Waals surface area contributed by atoms with E-state index in [1.807, 2.05) is 25.4 Å². The van der Waals surface area contributed by atoms with Gasteiger partial charge in [-0.3, -0.25) is 4.98 Å². The molecule has 5 nitrogen and oxygen atoms in total. The normalized spacial score (nSPS) is 16.0. The molecule has 1 aliphatic rings. The van der Waals surface area contributed by atoms with Crippen LogP contribution < -0.4 is 10.2 Å². The highest BCUT2D eigenvalue weighted by Crippen LogP contribution is 2.31. The molecule has 1 atom stereocenters. The summed E-state index contributed by atoms with van der Waals surface area (Å²) < 4.78 is 0. The van der Waals surface area contributed by atoms with Gasteiger partial charge in [-0.1, -0.05) is 17.7 Å². The van der Waals surface area contributed by atoms with E-state index in [-0.39, 0.29) is 0 Å². The van der Waals surface area contributed by atoms with Crippen LogP contribution in [-0.2, 0) is 0 Å². The number of anilines is 3. The Morgan fingerprint density at radius 1 is 1.00 bits per heavy atom. The van der Waals surface area contributed by atoms with Crippen molar-refractivity contribution in [2.45, 2.75) is 19.4 Å². The second-order valence-corrected chi connectivity index (χ2v) is 9.30. The molecule has 0 radical (unpaired) electrons. The number of likely N-dealkylation sites (N-methyl/N-ethyl adjacent to an activating group) is 1. The molecule has 1 unspecified atom stereocenters. The Labute approximate surface area is 200 Å². The highest BCUT2D eigenvalue weighted by molar-refractivity contribution is 6.30. The molecule has 3 heterocycles. The minimum Gasteiger partial charge on any atom is -0.370 e. The van der Waals surface area contributed by atoms with E-state index in [1.54, 1.807) is 0 Å². The molecule has 1 fully saturated rings. The Morgan fingerprint density at radius 3 is 2.55 bits per heavy atom. The van der Waals surface area contributed by atoms with E-state index < -0.39 is 0 Å². The molecule has 2 aromatic heterocycles. The van der Waals surface area contributed by atoms with Crippen molar-refractivity contribution < 1.29 is 0 Å². The fraction of sp³-hybridized carbons (Fsp3) is 0.259. The predicted molar refractivity (Wildman–Crippen MR) is 139 cm³/mol. The molecule has 1 N–H and O–H groups in total. The Balaban J connectivity index is 1.40. The lowest BCUT2D eigenvalue weighted by Crippen LogP contribution is -2.31. The summed E-state index contributed by atoms with van der Waals surface area (Å²) in [5.74, 6) is 0. The van der Waals surface area contributed by atoms with Crippen molar-refractivity contribution in [2.24, 2.45) is 0 Å². The number of rotatable bonds is 5. The summed E-state index contributed by atoms with van der Waals surface area (Å²) in [4.78, 5) is 13.6. The number of nitrogens with zero attached hydrogens (tertiary/aromatic N) is 4. The number of aryl methyl sites for hydroxylation is 1. The van der Waals surface area contributed by atoms with E-state index in [0.717, 1.165) is 52.1 Å². The van der Waals surface area contributed by atoms with Gasteiger partial charge < -0.3 is 15.1 Å². The largest absolute Gasteiger partial charge is 0.370 e. The summed E-state index contributed by atoms with van der Waals surface area (Å²) in [5.41, 5.74) is 7.41. The Kier molecular flexibility index (Phi) is 5.92. The molecule has 0 spiro atoms. The van der Waals surface area contributed by atoms with E-state index >= 15 is 0 Å². The number of fused-ring (bicyclic) bond motifs is 1. The molecule has 168 valence electrons. The maximum atomic E-state index is 6.12. The van der Waals surface area contributed by atoms with Gasteiger partial charge in [0, 0.05) is 59.5 Å². The minimum absolute atomic E-state index is 0.540. The van der Waals surface area contributed by atoms with Gasteiger partial charge in [0.15, 0.2) is 0 Å². The molecule has 33 heavy (non-hydrogen) atoms. The van der Waals surface area contributed by atoms with Crippen molar-refractivity contribution in [3.05, 3.63) is 77.7 Å². The van der Waals surface area contributed by atoms with Gasteiger partial charge in [0.05, 0.1) is 5.52 Å². The number of nitrogens with one attached hydrogen (secondary N) is 1. The van der Waals surface area contributed by atoms with Crippen molar-refractivity contribution in [1.29, 1.82) is 0 Å². The van der Waals surface area contributed by atoms with Crippen LogP contribution in [0.15, 0.2) is 67.0 Å². The number of hydrogen-bond acceptors (Lipinski definition) is 5. The van der Waals surface area contributed by atoms with Crippen LogP contribution in [0.25, 0.3) is 22.0 Å². The van der Waals surface area contributed by atoms with Gasteiger partial charge in [-0.2, -0.15) is 0 Å². The zero-order chi connectivity index (χ0) is 22.9. The van der Waals surface area contributed by atoms with Crippen LogP contribution in [0.3, 0.4) is 0 Å². The lowest BCUT2D eigenvalue weighted by atomic mass is 10.0. The molecule has 0 aliphatic carbocycles. The van der Waals surface area contributed by atoms with Gasteiger partial charge in [0.25, 0.3) is 0 Å². The first kappa shape index (κ1) is 21.7. The summed E-state index contributed by atoms with van der Waals surface area (Å²) in [6.07, 6.45) is 4.87. The average molecular weight is 458 g/mol. The molecule has 4 aromatic rings. The first-order valence-corrected chi connectivity index (χ1v) is 11.7. The molecule has 5 rings (SSSR count). The third kappa shape index (κ3) is 4.52. The smallest absolute Gasteiger partial charge is 0.131 e. The average Bonchev–Trinajstić information content (AvgIpc) is 3.32. The fourth-order valence-corrected chi connectivity index (χ4v) is 4.56. The van der Waals surface area contributed by atoms with E-state index in [1.165, 1.54) is 12.1 Å². The SMILES string of the molecule is Cc1cc(-c2ccc3nccc(Nc4ccc(N5CCC(N(C)C)C5)cc4)c3c2)cnc1Cl. The van der Waals surface area contributed by atoms with Crippen LogP contribution in [0.1, 0.15) is 12.0 Å². The lowest BCUT2D eigenvalue weighted by molar-refractivity contribution is 0.315. The monoisotopic (exact) mass is 457 g/mol. The second-order valence-electron chi connectivity index (χ2n) is 8.95. The van der Waals surface area contributed by atoms with E-state index in [0.29, 0.717) is 11.2 Å². The predicted octanol–water partition coefficient (Wildman–Crippen LogP) is 6.14. The summed E-state index contributed by atoms with van der Waals surface area (Å²) in [7, 11) is 4.33. The zero-order valence-corrected chi connectivity index (χ0v) is 20.0. The number of hydrogen-bond donors (Lipinski definition) is 1. The molecular weight excluding hydrogens is 430 g/mol. The summed E-state index contributed by atoms with van der Waals surface area (Å²) in [6.45, 7) is 4.16. The van der Waals surface area contributed by atoms with Crippen molar-refractivity contribution in [2.75, 3.05) is 37.4 Å². The number of pyridine rings is 2. The van der Waals surface area contributed by atoms with Crippen LogP contribution in [0.4, 0.5) is 17.1 Å². The van der Waals surface area contributed by atoms with Gasteiger partial charge in [-0.15, -0.1) is 0 Å². The summed E-state index contributed by atoms with van der Waals surface area (Å²) in [5, 5.41) is 5.20. The minimum atomic E-state index is 0.540. The van der Waals surface area contributed by atoms with Gasteiger partial charge in [0.1, 0.15) is 5.15 Å². The first-order valence-electron chi connectivity index (χ1n) is 11.3. The van der Waals surface area contributed by atoms with Crippen LogP contribution in [0.5, 0.6) is 0 Å². The highest BCUT2D eigenvalue weighted by Gasteiger charge is 2.23. The van der Waals surface area contributed by atoms with Gasteiger partial charge in [-0.25, -0.2) is 4.98 Å². The molecule has 1 aliphatic heterocycles. The Hall–Kier alpha value is -3.15. The molecule has 6 heteroatoms. The molecule has 2 aromatic carbocycles. The standard InChI is InChI=1S/C27H28ClN5/c1-18-14-20(16-30-27(18)28)19-4-9-25-24(15-19)26(10-12-29-25)31-21-5-7-22(8-6-21)33-13-11-23(17-33)32(2)3/h4-10,12,14-16,23H,11,13,17H2,1-3H3,(H,29,31). The van der Waals surface area contributed by atoms with Gasteiger partial charge in [0.2, 0.25) is 0 Å².